The fraction of sp³-hybridized carbons (Fsp3) is 0. The van der Waals surface area contributed by atoms with E-state index in [1.165, 1.54) is 16.7 Å². The highest BCUT2D eigenvalue weighted by molar-refractivity contribution is 6.13. The first kappa shape index (κ1) is 33.0. The van der Waals surface area contributed by atoms with Crippen LogP contribution in [0.25, 0.3) is 78.4 Å². The van der Waals surface area contributed by atoms with E-state index in [1.807, 2.05) is 84.9 Å². The summed E-state index contributed by atoms with van der Waals surface area (Å²) in [5.74, 6) is 1.82. The molecule has 0 aliphatic carbocycles. The van der Waals surface area contributed by atoms with Gasteiger partial charge in [0.1, 0.15) is 11.2 Å². The molecule has 10 aromatic rings. The lowest BCUT2D eigenvalue weighted by molar-refractivity contribution is 0.669. The van der Waals surface area contributed by atoms with Crippen LogP contribution in [0.5, 0.6) is 0 Å². The van der Waals surface area contributed by atoms with Gasteiger partial charge in [-0.05, 0) is 70.8 Å². The van der Waals surface area contributed by atoms with Crippen LogP contribution in [0.1, 0.15) is 0 Å². The standard InChI is InChI=1S/C51H34N4O/c1-5-14-35(15-6-1)36-24-26-37(27-25-36)38-28-30-42(31-29-38)55(41-20-11-4-12-21-41)43-32-33-46-45(34-43)48-44(22-13-23-47(48)56-46)51-53-49(39-16-7-2-8-17-39)52-50(54-51)40-18-9-3-10-19-40/h1-34H. The molecule has 0 saturated carbocycles. The normalized spacial score (nSPS) is 11.2. The minimum Gasteiger partial charge on any atom is -0.456 e. The van der Waals surface area contributed by atoms with E-state index in [-0.39, 0.29) is 0 Å². The summed E-state index contributed by atoms with van der Waals surface area (Å²) in [4.78, 5) is 17.3. The van der Waals surface area contributed by atoms with E-state index in [1.54, 1.807) is 0 Å². The molecule has 2 aromatic heterocycles. The second kappa shape index (κ2) is 14.3. The number of hydrogen-bond acceptors (Lipinski definition) is 5. The summed E-state index contributed by atoms with van der Waals surface area (Å²) in [6, 6.07) is 71.1. The van der Waals surface area contributed by atoms with E-state index in [2.05, 4.69) is 126 Å². The highest BCUT2D eigenvalue weighted by Gasteiger charge is 2.20. The molecule has 8 aromatic carbocycles. The summed E-state index contributed by atoms with van der Waals surface area (Å²) in [6.45, 7) is 0. The van der Waals surface area contributed by atoms with Gasteiger partial charge < -0.3 is 9.32 Å². The van der Waals surface area contributed by atoms with Crippen molar-refractivity contribution < 1.29 is 4.42 Å². The molecule has 56 heavy (non-hydrogen) atoms. The van der Waals surface area contributed by atoms with Crippen LogP contribution in [-0.4, -0.2) is 15.0 Å². The largest absolute Gasteiger partial charge is 0.456 e. The van der Waals surface area contributed by atoms with E-state index in [0.717, 1.165) is 61.3 Å². The highest BCUT2D eigenvalue weighted by Crippen LogP contribution is 2.42. The SMILES string of the molecule is c1ccc(-c2ccc(-c3ccc(N(c4ccccc4)c4ccc5oc6cccc(-c7nc(-c8ccccc8)nc(-c8ccccc8)n7)c6c5c4)cc3)cc2)cc1. The van der Waals surface area contributed by atoms with Crippen LogP contribution in [0.2, 0.25) is 0 Å². The molecule has 5 nitrogen and oxygen atoms in total. The fourth-order valence-electron chi connectivity index (χ4n) is 7.38. The molecule has 5 heteroatoms. The van der Waals surface area contributed by atoms with Gasteiger partial charge in [-0.25, -0.2) is 15.0 Å². The molecular formula is C51H34N4O. The zero-order valence-electron chi connectivity index (χ0n) is 30.3. The van der Waals surface area contributed by atoms with E-state index in [9.17, 15) is 0 Å². The topological polar surface area (TPSA) is 55.1 Å². The molecule has 0 radical (unpaired) electrons. The lowest BCUT2D eigenvalue weighted by atomic mass is 10.00. The maximum atomic E-state index is 6.50. The second-order valence-corrected chi connectivity index (χ2v) is 13.7. The minimum atomic E-state index is 0.587. The molecule has 0 fully saturated rings. The first-order valence-electron chi connectivity index (χ1n) is 18.7. The Morgan fingerprint density at radius 1 is 0.321 bits per heavy atom. The Bertz CT molecular complexity index is 2870. The van der Waals surface area contributed by atoms with Crippen LogP contribution < -0.4 is 4.90 Å². The van der Waals surface area contributed by atoms with Gasteiger partial charge in [0.15, 0.2) is 17.5 Å². The third-order valence-corrected chi connectivity index (χ3v) is 10.1. The first-order valence-corrected chi connectivity index (χ1v) is 18.7. The summed E-state index contributed by atoms with van der Waals surface area (Å²) in [7, 11) is 0. The van der Waals surface area contributed by atoms with Gasteiger partial charge in [-0.1, -0.05) is 158 Å². The number of hydrogen-bond donors (Lipinski definition) is 0. The summed E-state index contributed by atoms with van der Waals surface area (Å²) in [6.07, 6.45) is 0. The number of furan rings is 1. The molecule has 0 saturated heterocycles. The Labute approximate surface area is 324 Å². The van der Waals surface area contributed by atoms with Crippen LogP contribution in [-0.2, 0) is 0 Å². The van der Waals surface area contributed by atoms with Crippen molar-refractivity contribution >= 4 is 39.0 Å². The van der Waals surface area contributed by atoms with Crippen LogP contribution in [0.4, 0.5) is 17.1 Å². The molecule has 0 aliphatic rings. The van der Waals surface area contributed by atoms with Crippen molar-refractivity contribution in [1.29, 1.82) is 0 Å². The van der Waals surface area contributed by atoms with Gasteiger partial charge in [-0.3, -0.25) is 0 Å². The first-order chi connectivity index (χ1) is 27.7. The Balaban J connectivity index is 1.08. The molecular weight excluding hydrogens is 685 g/mol. The number of fused-ring (bicyclic) bond motifs is 3. The lowest BCUT2D eigenvalue weighted by Crippen LogP contribution is -2.09. The zero-order valence-corrected chi connectivity index (χ0v) is 30.3. The van der Waals surface area contributed by atoms with Crippen molar-refractivity contribution in [3.05, 3.63) is 206 Å². The maximum Gasteiger partial charge on any atom is 0.164 e. The van der Waals surface area contributed by atoms with E-state index in [4.69, 9.17) is 19.4 Å². The number of nitrogens with zero attached hydrogens (tertiary/aromatic N) is 4. The monoisotopic (exact) mass is 718 g/mol. The number of anilines is 3. The number of para-hydroxylation sites is 1. The van der Waals surface area contributed by atoms with Gasteiger partial charge in [-0.2, -0.15) is 0 Å². The molecule has 0 unspecified atom stereocenters. The lowest BCUT2D eigenvalue weighted by Gasteiger charge is -2.25. The van der Waals surface area contributed by atoms with Gasteiger partial charge in [0.2, 0.25) is 0 Å². The third-order valence-electron chi connectivity index (χ3n) is 10.1. The van der Waals surface area contributed by atoms with Gasteiger partial charge in [-0.15, -0.1) is 0 Å². The van der Waals surface area contributed by atoms with E-state index >= 15 is 0 Å². The van der Waals surface area contributed by atoms with Gasteiger partial charge in [0.25, 0.3) is 0 Å². The van der Waals surface area contributed by atoms with Crippen molar-refractivity contribution in [2.75, 3.05) is 4.90 Å². The van der Waals surface area contributed by atoms with Crippen molar-refractivity contribution in [3.63, 3.8) is 0 Å². The quantitative estimate of drug-likeness (QED) is 0.157. The Kier molecular flexibility index (Phi) is 8.43. The van der Waals surface area contributed by atoms with Crippen LogP contribution in [0.15, 0.2) is 211 Å². The van der Waals surface area contributed by atoms with Gasteiger partial charge in [0.05, 0.1) is 0 Å². The highest BCUT2D eigenvalue weighted by atomic mass is 16.3. The molecule has 264 valence electrons. The van der Waals surface area contributed by atoms with Crippen LogP contribution >= 0.6 is 0 Å². The van der Waals surface area contributed by atoms with E-state index < -0.39 is 0 Å². The molecule has 0 atom stereocenters. The number of benzene rings is 8. The summed E-state index contributed by atoms with van der Waals surface area (Å²) < 4.78 is 6.50. The Hall–Kier alpha value is -7.63. The van der Waals surface area contributed by atoms with Crippen LogP contribution in [0.3, 0.4) is 0 Å². The molecule has 0 aliphatic heterocycles. The predicted octanol–water partition coefficient (Wildman–Crippen LogP) is 13.6. The second-order valence-electron chi connectivity index (χ2n) is 13.7. The molecule has 10 rings (SSSR count). The van der Waals surface area contributed by atoms with Crippen molar-refractivity contribution in [2.24, 2.45) is 0 Å². The Morgan fingerprint density at radius 2 is 0.768 bits per heavy atom. The van der Waals surface area contributed by atoms with Crippen molar-refractivity contribution in [3.8, 4) is 56.4 Å². The van der Waals surface area contributed by atoms with Gasteiger partial charge >= 0.3 is 0 Å². The summed E-state index contributed by atoms with van der Waals surface area (Å²) in [5, 5.41) is 1.93. The Morgan fingerprint density at radius 3 is 1.34 bits per heavy atom. The smallest absolute Gasteiger partial charge is 0.164 e. The van der Waals surface area contributed by atoms with E-state index in [0.29, 0.717) is 17.5 Å². The maximum absolute atomic E-state index is 6.50. The fourth-order valence-corrected chi connectivity index (χ4v) is 7.38. The summed E-state index contributed by atoms with van der Waals surface area (Å²) >= 11 is 0. The average Bonchev–Trinajstić information content (AvgIpc) is 3.66. The van der Waals surface area contributed by atoms with Crippen molar-refractivity contribution in [1.82, 2.24) is 15.0 Å². The number of rotatable bonds is 8. The summed E-state index contributed by atoms with van der Waals surface area (Å²) in [5.41, 5.74) is 12.1. The third kappa shape index (κ3) is 6.27. The average molecular weight is 719 g/mol. The zero-order chi connectivity index (χ0) is 37.3. The van der Waals surface area contributed by atoms with Crippen molar-refractivity contribution in [2.45, 2.75) is 0 Å². The molecule has 0 amide bonds. The molecule has 0 N–H and O–H groups in total. The van der Waals surface area contributed by atoms with Crippen LogP contribution in [0, 0.1) is 0 Å². The number of aromatic nitrogens is 3. The molecule has 0 bridgehead atoms. The molecule has 2 heterocycles. The van der Waals surface area contributed by atoms with Gasteiger partial charge in [0, 0.05) is 44.5 Å². The predicted molar refractivity (Wildman–Crippen MR) is 229 cm³/mol. The minimum absolute atomic E-state index is 0.587. The molecule has 0 spiro atoms.